The summed E-state index contributed by atoms with van der Waals surface area (Å²) in [7, 11) is 0. The van der Waals surface area contributed by atoms with Gasteiger partial charge in [-0.25, -0.2) is 0 Å². The van der Waals surface area contributed by atoms with Gasteiger partial charge in [0.05, 0.1) is 12.3 Å². The van der Waals surface area contributed by atoms with Crippen LogP contribution >= 0.6 is 0 Å². The van der Waals surface area contributed by atoms with Gasteiger partial charge in [-0.1, -0.05) is 27.7 Å². The van der Waals surface area contributed by atoms with E-state index in [0.717, 1.165) is 30.6 Å². The minimum atomic E-state index is 0.116. The van der Waals surface area contributed by atoms with Crippen LogP contribution in [0.15, 0.2) is 0 Å². The molecule has 0 bridgehead atoms. The number of hydrogen-bond donors (Lipinski definition) is 1. The molecule has 1 heterocycles. The fourth-order valence-electron chi connectivity index (χ4n) is 1.95. The van der Waals surface area contributed by atoms with Crippen molar-refractivity contribution >= 4 is 0 Å². The highest BCUT2D eigenvalue weighted by atomic mass is 16.3. The number of aliphatic hydroxyl groups is 1. The van der Waals surface area contributed by atoms with E-state index in [1.807, 2.05) is 0 Å². The molecule has 0 saturated carbocycles. The number of aromatic nitrogens is 2. The van der Waals surface area contributed by atoms with Crippen molar-refractivity contribution < 1.29 is 5.11 Å². The summed E-state index contributed by atoms with van der Waals surface area (Å²) >= 11 is 0. The highest BCUT2D eigenvalue weighted by Crippen LogP contribution is 2.17. The average molecular weight is 210 g/mol. The molecule has 1 N–H and O–H groups in total. The first-order valence-corrected chi connectivity index (χ1v) is 5.82. The molecule has 0 saturated heterocycles. The van der Waals surface area contributed by atoms with Gasteiger partial charge in [-0.3, -0.25) is 4.68 Å². The molecule has 3 heteroatoms. The molecule has 0 fully saturated rings. The molecule has 1 aromatic rings. The standard InChI is InChI=1S/C12H22N2O/c1-5-11-10(8-15)12(6-2)14(13-11)7-9(3)4/h9,15H,5-8H2,1-4H3. The van der Waals surface area contributed by atoms with E-state index >= 15 is 0 Å². The third kappa shape index (κ3) is 2.59. The molecule has 0 aromatic carbocycles. The van der Waals surface area contributed by atoms with E-state index in [-0.39, 0.29) is 6.61 Å². The van der Waals surface area contributed by atoms with Crippen LogP contribution in [0.3, 0.4) is 0 Å². The fraction of sp³-hybridized carbons (Fsp3) is 0.750. The molecule has 0 amide bonds. The number of hydrogen-bond acceptors (Lipinski definition) is 2. The molecule has 0 unspecified atom stereocenters. The van der Waals surface area contributed by atoms with E-state index in [2.05, 4.69) is 37.5 Å². The largest absolute Gasteiger partial charge is 0.392 e. The lowest BCUT2D eigenvalue weighted by Crippen LogP contribution is -2.10. The SMILES string of the molecule is CCc1nn(CC(C)C)c(CC)c1CO. The van der Waals surface area contributed by atoms with Crippen molar-refractivity contribution in [3.8, 4) is 0 Å². The Morgan fingerprint density at radius 1 is 1.27 bits per heavy atom. The van der Waals surface area contributed by atoms with E-state index in [1.165, 1.54) is 5.69 Å². The van der Waals surface area contributed by atoms with Crippen molar-refractivity contribution in [2.45, 2.75) is 53.7 Å². The quantitative estimate of drug-likeness (QED) is 0.808. The molecule has 1 rings (SSSR count). The summed E-state index contributed by atoms with van der Waals surface area (Å²) < 4.78 is 2.06. The lowest BCUT2D eigenvalue weighted by molar-refractivity contribution is 0.279. The molecular formula is C12H22N2O. The highest BCUT2D eigenvalue weighted by Gasteiger charge is 2.14. The Labute approximate surface area is 92.1 Å². The maximum atomic E-state index is 9.36. The second-order valence-corrected chi connectivity index (χ2v) is 4.31. The lowest BCUT2D eigenvalue weighted by Gasteiger charge is -2.09. The van der Waals surface area contributed by atoms with Crippen LogP contribution < -0.4 is 0 Å². The molecule has 1 aromatic heterocycles. The van der Waals surface area contributed by atoms with Crippen LogP contribution in [0.2, 0.25) is 0 Å². The van der Waals surface area contributed by atoms with Crippen molar-refractivity contribution in [1.82, 2.24) is 9.78 Å². The fourth-order valence-corrected chi connectivity index (χ4v) is 1.95. The molecule has 0 radical (unpaired) electrons. The van der Waals surface area contributed by atoms with Crippen LogP contribution in [0.4, 0.5) is 0 Å². The van der Waals surface area contributed by atoms with Crippen molar-refractivity contribution in [3.05, 3.63) is 17.0 Å². The number of rotatable bonds is 5. The third-order valence-corrected chi connectivity index (χ3v) is 2.62. The van der Waals surface area contributed by atoms with Gasteiger partial charge in [-0.15, -0.1) is 0 Å². The summed E-state index contributed by atoms with van der Waals surface area (Å²) in [4.78, 5) is 0. The Hall–Kier alpha value is -0.830. The van der Waals surface area contributed by atoms with Gasteiger partial charge in [0.15, 0.2) is 0 Å². The number of nitrogens with zero attached hydrogens (tertiary/aromatic N) is 2. The first-order valence-electron chi connectivity index (χ1n) is 5.82. The highest BCUT2D eigenvalue weighted by molar-refractivity contribution is 5.26. The Balaban J connectivity index is 3.09. The first kappa shape index (κ1) is 12.2. The molecule has 0 spiro atoms. The molecule has 0 aliphatic carbocycles. The van der Waals surface area contributed by atoms with Crippen LogP contribution in [0.5, 0.6) is 0 Å². The topological polar surface area (TPSA) is 38.0 Å². The van der Waals surface area contributed by atoms with Crippen molar-refractivity contribution in [2.75, 3.05) is 0 Å². The van der Waals surface area contributed by atoms with Crippen molar-refractivity contribution in [2.24, 2.45) is 5.92 Å². The Bertz CT molecular complexity index is 316. The van der Waals surface area contributed by atoms with Gasteiger partial charge in [-0.2, -0.15) is 5.10 Å². The smallest absolute Gasteiger partial charge is 0.0718 e. The van der Waals surface area contributed by atoms with Crippen LogP contribution in [-0.4, -0.2) is 14.9 Å². The molecule has 0 atom stereocenters. The molecule has 86 valence electrons. The molecule has 0 aliphatic heterocycles. The molecule has 15 heavy (non-hydrogen) atoms. The summed E-state index contributed by atoms with van der Waals surface area (Å²) in [6.07, 6.45) is 1.84. The van der Waals surface area contributed by atoms with Gasteiger partial charge < -0.3 is 5.11 Å². The van der Waals surface area contributed by atoms with Gasteiger partial charge in [0.25, 0.3) is 0 Å². The van der Waals surface area contributed by atoms with E-state index < -0.39 is 0 Å². The Kier molecular flexibility index (Phi) is 4.33. The zero-order valence-electron chi connectivity index (χ0n) is 10.2. The second-order valence-electron chi connectivity index (χ2n) is 4.31. The summed E-state index contributed by atoms with van der Waals surface area (Å²) in [5.41, 5.74) is 3.29. The Morgan fingerprint density at radius 2 is 1.93 bits per heavy atom. The van der Waals surface area contributed by atoms with Gasteiger partial charge in [-0.05, 0) is 18.8 Å². The van der Waals surface area contributed by atoms with Crippen molar-refractivity contribution in [3.63, 3.8) is 0 Å². The van der Waals surface area contributed by atoms with Gasteiger partial charge in [0, 0.05) is 17.8 Å². The molecule has 3 nitrogen and oxygen atoms in total. The average Bonchev–Trinajstić information content (AvgIpc) is 2.53. The van der Waals surface area contributed by atoms with Crippen LogP contribution in [0.1, 0.15) is 44.6 Å². The zero-order chi connectivity index (χ0) is 11.4. The van der Waals surface area contributed by atoms with Gasteiger partial charge >= 0.3 is 0 Å². The molecule has 0 aliphatic rings. The van der Waals surface area contributed by atoms with Crippen LogP contribution in [0, 0.1) is 5.92 Å². The predicted molar refractivity (Wildman–Crippen MR) is 61.7 cm³/mol. The van der Waals surface area contributed by atoms with Gasteiger partial charge in [0.1, 0.15) is 0 Å². The zero-order valence-corrected chi connectivity index (χ0v) is 10.2. The predicted octanol–water partition coefficient (Wildman–Crippen LogP) is 2.16. The maximum Gasteiger partial charge on any atom is 0.0718 e. The molecular weight excluding hydrogens is 188 g/mol. The normalized spacial score (nSPS) is 11.3. The summed E-state index contributed by atoms with van der Waals surface area (Å²) in [6, 6.07) is 0. The summed E-state index contributed by atoms with van der Waals surface area (Å²) in [6.45, 7) is 9.63. The van der Waals surface area contributed by atoms with Crippen LogP contribution in [-0.2, 0) is 26.0 Å². The third-order valence-electron chi connectivity index (χ3n) is 2.62. The summed E-state index contributed by atoms with van der Waals surface area (Å²) in [5.74, 6) is 0.589. The Morgan fingerprint density at radius 3 is 2.33 bits per heavy atom. The number of aliphatic hydroxyl groups excluding tert-OH is 1. The van der Waals surface area contributed by atoms with Gasteiger partial charge in [0.2, 0.25) is 0 Å². The monoisotopic (exact) mass is 210 g/mol. The van der Waals surface area contributed by atoms with Crippen LogP contribution in [0.25, 0.3) is 0 Å². The maximum absolute atomic E-state index is 9.36. The number of aryl methyl sites for hydroxylation is 1. The van der Waals surface area contributed by atoms with Crippen molar-refractivity contribution in [1.29, 1.82) is 0 Å². The minimum Gasteiger partial charge on any atom is -0.392 e. The van der Waals surface area contributed by atoms with E-state index in [4.69, 9.17) is 0 Å². The minimum absolute atomic E-state index is 0.116. The van der Waals surface area contributed by atoms with E-state index in [9.17, 15) is 5.11 Å². The summed E-state index contributed by atoms with van der Waals surface area (Å²) in [5, 5.41) is 13.9. The van der Waals surface area contributed by atoms with E-state index in [0.29, 0.717) is 5.92 Å². The first-order chi connectivity index (χ1) is 7.13. The van der Waals surface area contributed by atoms with E-state index in [1.54, 1.807) is 0 Å². The second kappa shape index (κ2) is 5.31. The lowest BCUT2D eigenvalue weighted by atomic mass is 10.1.